The van der Waals surface area contributed by atoms with Crippen molar-refractivity contribution >= 4 is 22.3 Å². The first kappa shape index (κ1) is 25.3. The third-order valence-electron chi connectivity index (χ3n) is 3.52. The number of hydrogen-bond acceptors (Lipinski definition) is 6. The molecule has 0 aromatic rings. The average molecular weight is 413 g/mol. The second-order valence-corrected chi connectivity index (χ2v) is 7.44. The predicted molar refractivity (Wildman–Crippen MR) is 101 cm³/mol. The second-order valence-electron chi connectivity index (χ2n) is 6.54. The highest BCUT2D eigenvalue weighted by molar-refractivity contribution is 7.79. The zero-order chi connectivity index (χ0) is 21.4. The highest BCUT2D eigenvalue weighted by Crippen LogP contribution is 2.09. The molecular weight excluding hydrogens is 380 g/mol. The Hall–Kier alpha value is -1.67. The molecule has 0 saturated carbocycles. The lowest BCUT2D eigenvalue weighted by molar-refractivity contribution is -0.0487. The summed E-state index contributed by atoms with van der Waals surface area (Å²) in [5.41, 5.74) is 10.7. The van der Waals surface area contributed by atoms with Crippen molar-refractivity contribution < 1.29 is 27.0 Å². The van der Waals surface area contributed by atoms with Gasteiger partial charge in [0.1, 0.15) is 0 Å². The summed E-state index contributed by atoms with van der Waals surface area (Å²) in [7, 11) is -4.67. The van der Waals surface area contributed by atoms with Crippen LogP contribution in [0.15, 0.2) is 0 Å². The Morgan fingerprint density at radius 2 is 1.00 bits per heavy atom. The zero-order valence-electron chi connectivity index (χ0n) is 16.1. The molecule has 13 heteroatoms. The van der Waals surface area contributed by atoms with Crippen LogP contribution in [0.1, 0.15) is 27.7 Å². The summed E-state index contributed by atoms with van der Waals surface area (Å²) >= 11 is 0. The van der Waals surface area contributed by atoms with E-state index in [0.29, 0.717) is 0 Å². The molecule has 2 heterocycles. The van der Waals surface area contributed by atoms with Crippen LogP contribution in [0.4, 0.5) is 0 Å². The molecule has 4 atom stereocenters. The van der Waals surface area contributed by atoms with Crippen LogP contribution in [-0.4, -0.2) is 89.8 Å². The first-order valence-corrected chi connectivity index (χ1v) is 9.77. The number of nitrogens with one attached hydrogen (secondary N) is 2. The van der Waals surface area contributed by atoms with Gasteiger partial charge in [-0.15, -0.1) is 0 Å². The van der Waals surface area contributed by atoms with Crippen LogP contribution in [0.25, 0.3) is 0 Å². The third kappa shape index (κ3) is 13.2. The summed E-state index contributed by atoms with van der Waals surface area (Å²) < 4.78 is 42.5. The van der Waals surface area contributed by atoms with Crippen LogP contribution in [0.2, 0.25) is 0 Å². The number of ether oxygens (including phenoxy) is 2. The number of nitrogens with two attached hydrogens (primary N) is 2. The lowest BCUT2D eigenvalue weighted by Crippen LogP contribution is -2.50. The van der Waals surface area contributed by atoms with Crippen LogP contribution in [0.3, 0.4) is 0 Å². The van der Waals surface area contributed by atoms with E-state index in [1.165, 1.54) is 0 Å². The molecule has 2 aliphatic rings. The van der Waals surface area contributed by atoms with Crippen LogP contribution in [-0.2, 0) is 19.9 Å². The van der Waals surface area contributed by atoms with E-state index in [0.717, 1.165) is 26.2 Å². The van der Waals surface area contributed by atoms with Crippen molar-refractivity contribution in [2.75, 3.05) is 26.2 Å². The SMILES string of the molecule is C[C@@H]1CN(C(=N)N)C[C@H](C)O1.C[C@@H]1CN(C(=N)N)C[C@H](C)O1.O=S(=O)(O)O. The predicted octanol–water partition coefficient (Wildman–Crippen LogP) is -0.675. The quantitative estimate of drug-likeness (QED) is 0.168. The minimum absolute atomic E-state index is 0.145. The number of rotatable bonds is 0. The molecule has 2 rings (SSSR count). The average Bonchev–Trinajstić information content (AvgIpc) is 2.44. The van der Waals surface area contributed by atoms with Gasteiger partial charge in [0.05, 0.1) is 24.4 Å². The van der Waals surface area contributed by atoms with E-state index in [9.17, 15) is 0 Å². The molecule has 0 amide bonds. The molecule has 0 bridgehead atoms. The van der Waals surface area contributed by atoms with Crippen molar-refractivity contribution in [3.8, 4) is 0 Å². The molecule has 0 aromatic carbocycles. The molecule has 160 valence electrons. The second kappa shape index (κ2) is 11.2. The Kier molecular flexibility index (Phi) is 10.5. The standard InChI is InChI=1S/2C7H15N3O.H2O4S/c2*1-5-3-10(7(8)9)4-6(2)11-5;1-5(2,3)4/h2*5-6H,3-4H2,1-2H3,(H3,8,9);(H2,1,2,3,4)/t2*5-,6+;. The van der Waals surface area contributed by atoms with Crippen molar-refractivity contribution in [1.29, 1.82) is 10.8 Å². The summed E-state index contributed by atoms with van der Waals surface area (Å²) in [5.74, 6) is 0.291. The Bertz CT molecular complexity index is 525. The van der Waals surface area contributed by atoms with Crippen LogP contribution >= 0.6 is 0 Å². The van der Waals surface area contributed by atoms with E-state index in [2.05, 4.69) is 0 Å². The normalized spacial score (nSPS) is 28.2. The Morgan fingerprint density at radius 1 is 0.815 bits per heavy atom. The van der Waals surface area contributed by atoms with Crippen molar-refractivity contribution in [3.05, 3.63) is 0 Å². The van der Waals surface area contributed by atoms with E-state index in [1.54, 1.807) is 0 Å². The highest BCUT2D eigenvalue weighted by Gasteiger charge is 2.23. The summed E-state index contributed by atoms with van der Waals surface area (Å²) in [4.78, 5) is 3.66. The van der Waals surface area contributed by atoms with Crippen molar-refractivity contribution in [2.45, 2.75) is 52.1 Å². The summed E-state index contributed by atoms with van der Waals surface area (Å²) in [5, 5.41) is 14.4. The van der Waals surface area contributed by atoms with Crippen molar-refractivity contribution in [2.24, 2.45) is 11.5 Å². The van der Waals surface area contributed by atoms with E-state index < -0.39 is 10.4 Å². The summed E-state index contributed by atoms with van der Waals surface area (Å²) in [6.07, 6.45) is 0.732. The van der Waals surface area contributed by atoms with Gasteiger partial charge in [-0.2, -0.15) is 8.42 Å². The lowest BCUT2D eigenvalue weighted by Gasteiger charge is -2.35. The molecule has 0 aromatic heterocycles. The van der Waals surface area contributed by atoms with E-state index >= 15 is 0 Å². The number of morpholine rings is 2. The van der Waals surface area contributed by atoms with Crippen LogP contribution in [0.5, 0.6) is 0 Å². The molecule has 0 unspecified atom stereocenters. The van der Waals surface area contributed by atoms with Gasteiger partial charge in [-0.1, -0.05) is 0 Å². The molecule has 0 radical (unpaired) electrons. The molecule has 12 nitrogen and oxygen atoms in total. The highest BCUT2D eigenvalue weighted by atomic mass is 32.3. The summed E-state index contributed by atoms with van der Waals surface area (Å²) in [6, 6.07) is 0. The van der Waals surface area contributed by atoms with Gasteiger partial charge < -0.3 is 30.7 Å². The van der Waals surface area contributed by atoms with Gasteiger partial charge in [0.25, 0.3) is 0 Å². The van der Waals surface area contributed by atoms with Crippen molar-refractivity contribution in [3.63, 3.8) is 0 Å². The minimum atomic E-state index is -4.67. The number of nitrogens with zero attached hydrogens (tertiary/aromatic N) is 2. The van der Waals surface area contributed by atoms with Crippen LogP contribution in [0, 0.1) is 10.8 Å². The maximum Gasteiger partial charge on any atom is 0.394 e. The third-order valence-corrected chi connectivity index (χ3v) is 3.52. The molecule has 0 aliphatic carbocycles. The van der Waals surface area contributed by atoms with Gasteiger partial charge >= 0.3 is 10.4 Å². The monoisotopic (exact) mass is 412 g/mol. The molecule has 27 heavy (non-hydrogen) atoms. The van der Waals surface area contributed by atoms with Crippen molar-refractivity contribution in [1.82, 2.24) is 9.80 Å². The fourth-order valence-corrected chi connectivity index (χ4v) is 2.75. The fourth-order valence-electron chi connectivity index (χ4n) is 2.75. The topological polar surface area (TPSA) is 199 Å². The molecule has 2 fully saturated rings. The minimum Gasteiger partial charge on any atom is -0.372 e. The molecule has 8 N–H and O–H groups in total. The van der Waals surface area contributed by atoms with Gasteiger partial charge in [-0.3, -0.25) is 19.9 Å². The maximum atomic E-state index is 8.74. The zero-order valence-corrected chi connectivity index (χ0v) is 16.9. The Balaban J connectivity index is 0.000000405. The van der Waals surface area contributed by atoms with E-state index in [-0.39, 0.29) is 36.3 Å². The largest absolute Gasteiger partial charge is 0.394 e. The maximum absolute atomic E-state index is 8.74. The van der Waals surface area contributed by atoms with Gasteiger partial charge in [0.2, 0.25) is 0 Å². The first-order valence-electron chi connectivity index (χ1n) is 8.37. The van der Waals surface area contributed by atoms with Crippen LogP contribution < -0.4 is 11.5 Å². The Morgan fingerprint density at radius 3 is 1.15 bits per heavy atom. The molecule has 2 aliphatic heterocycles. The van der Waals surface area contributed by atoms with E-state index in [1.807, 2.05) is 37.5 Å². The lowest BCUT2D eigenvalue weighted by atomic mass is 10.2. The van der Waals surface area contributed by atoms with Gasteiger partial charge in [0.15, 0.2) is 11.9 Å². The van der Waals surface area contributed by atoms with Gasteiger partial charge in [-0.25, -0.2) is 0 Å². The van der Waals surface area contributed by atoms with Gasteiger partial charge in [-0.05, 0) is 27.7 Å². The van der Waals surface area contributed by atoms with Gasteiger partial charge in [0, 0.05) is 26.2 Å². The van der Waals surface area contributed by atoms with E-state index in [4.69, 9.17) is 49.3 Å². The molecule has 2 saturated heterocycles. The first-order chi connectivity index (χ1) is 12.2. The fraction of sp³-hybridized carbons (Fsp3) is 0.857. The molecule has 0 spiro atoms. The smallest absolute Gasteiger partial charge is 0.372 e. The Labute approximate surface area is 160 Å². The number of hydrogen-bond donors (Lipinski definition) is 6. The molecular formula is C14H32N6O6S. The summed E-state index contributed by atoms with van der Waals surface area (Å²) in [6.45, 7) is 10.9. The number of guanidine groups is 2.